The van der Waals surface area contributed by atoms with Gasteiger partial charge in [0.1, 0.15) is 6.04 Å². The minimum absolute atomic E-state index is 0.0292. The van der Waals surface area contributed by atoms with E-state index >= 15 is 0 Å². The van der Waals surface area contributed by atoms with Crippen LogP contribution in [0.2, 0.25) is 0 Å². The maximum Gasteiger partial charge on any atom is 0.327 e. The fourth-order valence-corrected chi connectivity index (χ4v) is 4.01. The molecule has 0 aromatic rings. The molecule has 3 N–H and O–H groups in total. The second-order valence-corrected chi connectivity index (χ2v) is 6.21. The number of nitrogens with two attached hydrogens (primary N) is 1. The predicted octanol–water partition coefficient (Wildman–Crippen LogP) is 0.879. The van der Waals surface area contributed by atoms with Gasteiger partial charge < -0.3 is 15.7 Å². The molecule has 2 fully saturated rings. The fourth-order valence-electron chi connectivity index (χ4n) is 2.37. The molecule has 1 aliphatic carbocycles. The Bertz CT molecular complexity index is 346. The largest absolute Gasteiger partial charge is 0.480 e. The van der Waals surface area contributed by atoms with Gasteiger partial charge in [-0.05, 0) is 25.2 Å². The number of nitrogens with zero attached hydrogens (tertiary/aromatic N) is 1. The van der Waals surface area contributed by atoms with Crippen LogP contribution in [-0.2, 0) is 9.59 Å². The van der Waals surface area contributed by atoms with E-state index in [1.165, 1.54) is 0 Å². The number of hydrogen-bond acceptors (Lipinski definition) is 4. The van der Waals surface area contributed by atoms with Crippen LogP contribution in [0.3, 0.4) is 0 Å². The molecule has 1 amide bonds. The average Bonchev–Trinajstić information content (AvgIpc) is 3.07. The maximum atomic E-state index is 12.3. The van der Waals surface area contributed by atoms with Crippen molar-refractivity contribution < 1.29 is 14.7 Å². The molecule has 0 bridgehead atoms. The van der Waals surface area contributed by atoms with Gasteiger partial charge in [-0.2, -0.15) is 0 Å². The van der Waals surface area contributed by atoms with Crippen molar-refractivity contribution in [3.63, 3.8) is 0 Å². The summed E-state index contributed by atoms with van der Waals surface area (Å²) in [4.78, 5) is 25.1. The molecule has 6 heteroatoms. The van der Waals surface area contributed by atoms with Gasteiger partial charge in [-0.15, -0.1) is 11.8 Å². The van der Waals surface area contributed by atoms with Crippen LogP contribution in [0.5, 0.6) is 0 Å². The second-order valence-electron chi connectivity index (χ2n) is 5.06. The standard InChI is InChI=1S/C12H20N2O3S/c1-2-3-8(13)10(15)14-9(12(16)17)6-18-11(14)7-4-5-7/h7-9,11H,2-6,13H2,1H3,(H,16,17)/t8-,9?,11?/m0/s1. The summed E-state index contributed by atoms with van der Waals surface area (Å²) >= 11 is 1.59. The molecule has 1 heterocycles. The third-order valence-electron chi connectivity index (χ3n) is 3.52. The summed E-state index contributed by atoms with van der Waals surface area (Å²) in [5.41, 5.74) is 5.86. The summed E-state index contributed by atoms with van der Waals surface area (Å²) < 4.78 is 0. The van der Waals surface area contributed by atoms with Crippen molar-refractivity contribution in [1.82, 2.24) is 4.90 Å². The first kappa shape index (κ1) is 13.7. The number of carboxylic acids is 1. The second kappa shape index (κ2) is 5.48. The Morgan fingerprint density at radius 3 is 2.67 bits per heavy atom. The number of amides is 1. The number of carboxylic acid groups (broad SMARTS) is 1. The fraction of sp³-hybridized carbons (Fsp3) is 0.833. The predicted molar refractivity (Wildman–Crippen MR) is 70.1 cm³/mol. The normalized spacial score (nSPS) is 29.3. The first-order valence-electron chi connectivity index (χ1n) is 6.48. The molecular weight excluding hydrogens is 252 g/mol. The molecule has 2 aliphatic rings. The van der Waals surface area contributed by atoms with Gasteiger partial charge >= 0.3 is 5.97 Å². The molecule has 5 nitrogen and oxygen atoms in total. The topological polar surface area (TPSA) is 83.6 Å². The minimum atomic E-state index is -0.914. The molecule has 2 unspecified atom stereocenters. The van der Waals surface area contributed by atoms with Crippen molar-refractivity contribution in [3.8, 4) is 0 Å². The maximum absolute atomic E-state index is 12.3. The molecule has 102 valence electrons. The SMILES string of the molecule is CCC[C@H](N)C(=O)N1C(C(=O)O)CSC1C1CC1. The average molecular weight is 272 g/mol. The Hall–Kier alpha value is -0.750. The zero-order valence-corrected chi connectivity index (χ0v) is 11.4. The monoisotopic (exact) mass is 272 g/mol. The van der Waals surface area contributed by atoms with Crippen LogP contribution >= 0.6 is 11.8 Å². The number of thioether (sulfide) groups is 1. The van der Waals surface area contributed by atoms with Gasteiger partial charge in [-0.25, -0.2) is 4.79 Å². The summed E-state index contributed by atoms with van der Waals surface area (Å²) in [6, 6.07) is -1.26. The van der Waals surface area contributed by atoms with Crippen molar-refractivity contribution in [3.05, 3.63) is 0 Å². The highest BCUT2D eigenvalue weighted by Crippen LogP contribution is 2.45. The van der Waals surface area contributed by atoms with E-state index < -0.39 is 18.1 Å². The smallest absolute Gasteiger partial charge is 0.327 e. The Morgan fingerprint density at radius 2 is 2.17 bits per heavy atom. The van der Waals surface area contributed by atoms with Crippen LogP contribution in [0, 0.1) is 5.92 Å². The third-order valence-corrected chi connectivity index (χ3v) is 4.98. The van der Waals surface area contributed by atoms with Crippen LogP contribution in [0.1, 0.15) is 32.6 Å². The van der Waals surface area contributed by atoms with Gasteiger partial charge in [0.05, 0.1) is 11.4 Å². The summed E-state index contributed by atoms with van der Waals surface area (Å²) in [7, 11) is 0. The Balaban J connectivity index is 2.12. The Kier molecular flexibility index (Phi) is 4.17. The molecule has 2 rings (SSSR count). The van der Waals surface area contributed by atoms with E-state index in [2.05, 4.69) is 0 Å². The summed E-state index contributed by atoms with van der Waals surface area (Å²) in [6.07, 6.45) is 3.64. The first-order chi connectivity index (χ1) is 8.56. The minimum Gasteiger partial charge on any atom is -0.480 e. The number of aliphatic carboxylic acids is 1. The van der Waals surface area contributed by atoms with E-state index in [0.717, 1.165) is 19.3 Å². The van der Waals surface area contributed by atoms with Crippen molar-refractivity contribution in [1.29, 1.82) is 0 Å². The van der Waals surface area contributed by atoms with Gasteiger partial charge in [0.15, 0.2) is 0 Å². The highest BCUT2D eigenvalue weighted by Gasteiger charge is 2.48. The molecule has 1 aliphatic heterocycles. The lowest BCUT2D eigenvalue weighted by atomic mass is 10.1. The van der Waals surface area contributed by atoms with Crippen LogP contribution < -0.4 is 5.73 Å². The van der Waals surface area contributed by atoms with Crippen LogP contribution in [0.4, 0.5) is 0 Å². The number of rotatable bonds is 5. The number of carbonyl (C=O) groups is 2. The van der Waals surface area contributed by atoms with Crippen LogP contribution in [0.15, 0.2) is 0 Å². The quantitative estimate of drug-likeness (QED) is 0.776. The van der Waals surface area contributed by atoms with Crippen molar-refractivity contribution >= 4 is 23.6 Å². The van der Waals surface area contributed by atoms with E-state index in [0.29, 0.717) is 18.1 Å². The van der Waals surface area contributed by atoms with Gasteiger partial charge in [0.2, 0.25) is 5.91 Å². The van der Waals surface area contributed by atoms with Gasteiger partial charge in [0, 0.05) is 5.75 Å². The summed E-state index contributed by atoms with van der Waals surface area (Å²) in [6.45, 7) is 1.97. The van der Waals surface area contributed by atoms with E-state index in [1.807, 2.05) is 6.92 Å². The lowest BCUT2D eigenvalue weighted by Crippen LogP contribution is -2.52. The molecule has 1 saturated carbocycles. The van der Waals surface area contributed by atoms with Crippen molar-refractivity contribution in [2.45, 2.75) is 50.1 Å². The zero-order valence-electron chi connectivity index (χ0n) is 10.5. The molecule has 0 aromatic heterocycles. The molecular formula is C12H20N2O3S. The third kappa shape index (κ3) is 2.64. The van der Waals surface area contributed by atoms with Gasteiger partial charge in [0.25, 0.3) is 0 Å². The lowest BCUT2D eigenvalue weighted by molar-refractivity contribution is -0.149. The van der Waals surface area contributed by atoms with E-state index in [9.17, 15) is 14.7 Å². The number of hydrogen-bond donors (Lipinski definition) is 2. The Labute approximate surface area is 111 Å². The number of carbonyl (C=O) groups excluding carboxylic acids is 1. The van der Waals surface area contributed by atoms with Crippen molar-refractivity contribution in [2.24, 2.45) is 11.7 Å². The van der Waals surface area contributed by atoms with Gasteiger partial charge in [-0.3, -0.25) is 4.79 Å². The van der Waals surface area contributed by atoms with E-state index in [4.69, 9.17) is 5.73 Å². The summed E-state index contributed by atoms with van der Waals surface area (Å²) in [5, 5.41) is 9.25. The van der Waals surface area contributed by atoms with E-state index in [-0.39, 0.29) is 11.3 Å². The zero-order chi connectivity index (χ0) is 13.3. The lowest BCUT2D eigenvalue weighted by Gasteiger charge is -2.29. The van der Waals surface area contributed by atoms with Gasteiger partial charge in [-0.1, -0.05) is 13.3 Å². The highest BCUT2D eigenvalue weighted by molar-refractivity contribution is 8.00. The van der Waals surface area contributed by atoms with Crippen LogP contribution in [0.25, 0.3) is 0 Å². The molecule has 1 saturated heterocycles. The molecule has 3 atom stereocenters. The Morgan fingerprint density at radius 1 is 1.50 bits per heavy atom. The molecule has 0 spiro atoms. The van der Waals surface area contributed by atoms with Crippen molar-refractivity contribution in [2.75, 3.05) is 5.75 Å². The molecule has 0 aromatic carbocycles. The highest BCUT2D eigenvalue weighted by atomic mass is 32.2. The molecule has 18 heavy (non-hydrogen) atoms. The van der Waals surface area contributed by atoms with E-state index in [1.54, 1.807) is 16.7 Å². The molecule has 0 radical (unpaired) electrons. The van der Waals surface area contributed by atoms with Crippen LogP contribution in [-0.4, -0.2) is 45.1 Å². The summed E-state index contributed by atoms with van der Waals surface area (Å²) in [5.74, 6) is -0.146. The first-order valence-corrected chi connectivity index (χ1v) is 7.53.